The molecule has 42 heavy (non-hydrogen) atoms. The van der Waals surface area contributed by atoms with Gasteiger partial charge in [0.25, 0.3) is 0 Å². The molecule has 0 spiro atoms. The average molecular weight is 604 g/mol. The Labute approximate surface area is 243 Å². The van der Waals surface area contributed by atoms with Crippen LogP contribution in [0.4, 0.5) is 0 Å². The third-order valence-electron chi connectivity index (χ3n) is 6.12. The number of hydrogen-bond donors (Lipinski definition) is 0. The van der Waals surface area contributed by atoms with Crippen LogP contribution in [-0.2, 0) is 42.9 Å². The molecule has 1 aliphatic heterocycles. The van der Waals surface area contributed by atoms with E-state index in [2.05, 4.69) is 4.98 Å². The van der Waals surface area contributed by atoms with E-state index in [9.17, 15) is 24.0 Å². The van der Waals surface area contributed by atoms with Crippen LogP contribution in [-0.4, -0.2) is 66.2 Å². The maximum atomic E-state index is 13.3. The highest BCUT2D eigenvalue weighted by molar-refractivity contribution is 7.09. The van der Waals surface area contributed by atoms with Crippen LogP contribution in [0.1, 0.15) is 38.5 Å². The molecule has 3 aromatic rings. The van der Waals surface area contributed by atoms with Crippen molar-refractivity contribution in [1.29, 1.82) is 0 Å². The maximum absolute atomic E-state index is 13.3. The van der Waals surface area contributed by atoms with Gasteiger partial charge >= 0.3 is 23.9 Å². The lowest BCUT2D eigenvalue weighted by Crippen LogP contribution is -2.63. The van der Waals surface area contributed by atoms with Crippen molar-refractivity contribution in [3.05, 3.63) is 44.6 Å². The summed E-state index contributed by atoms with van der Waals surface area (Å²) in [4.78, 5) is 65.3. The predicted octanol–water partition coefficient (Wildman–Crippen LogP) is 3.00. The molecule has 4 rings (SSSR count). The topological polar surface area (TPSA) is 167 Å². The third kappa shape index (κ3) is 6.94. The van der Waals surface area contributed by atoms with Gasteiger partial charge in [-0.15, -0.1) is 11.3 Å². The molecule has 13 nitrogen and oxygen atoms in total. The zero-order valence-corrected chi connectivity index (χ0v) is 24.5. The molecule has 0 N–H and O–H groups in total. The highest BCUT2D eigenvalue weighted by Gasteiger charge is 2.53. The molecule has 0 bridgehead atoms. The van der Waals surface area contributed by atoms with Gasteiger partial charge in [0, 0.05) is 39.1 Å². The first-order valence-electron chi connectivity index (χ1n) is 12.8. The number of ether oxygens (including phenoxy) is 6. The lowest BCUT2D eigenvalue weighted by Gasteiger charge is -2.43. The second-order valence-electron chi connectivity index (χ2n) is 9.46. The van der Waals surface area contributed by atoms with E-state index in [0.29, 0.717) is 17.0 Å². The second kappa shape index (κ2) is 12.7. The minimum absolute atomic E-state index is 0.142. The molecule has 0 aliphatic carbocycles. The van der Waals surface area contributed by atoms with E-state index < -0.39 is 61.2 Å². The largest absolute Gasteiger partial charge is 0.463 e. The molecule has 3 heterocycles. The number of rotatable bonds is 8. The molecular weight excluding hydrogens is 574 g/mol. The van der Waals surface area contributed by atoms with Gasteiger partial charge < -0.3 is 32.8 Å². The molecule has 1 fully saturated rings. The first-order chi connectivity index (χ1) is 19.8. The monoisotopic (exact) mass is 603 g/mol. The van der Waals surface area contributed by atoms with Crippen molar-refractivity contribution in [2.24, 2.45) is 0 Å². The Hall–Kier alpha value is -4.30. The third-order valence-corrected chi connectivity index (χ3v) is 6.89. The van der Waals surface area contributed by atoms with E-state index in [1.54, 1.807) is 12.3 Å². The van der Waals surface area contributed by atoms with E-state index in [1.165, 1.54) is 36.5 Å². The number of esters is 4. The average Bonchev–Trinajstić information content (AvgIpc) is 3.31. The Balaban J connectivity index is 1.73. The molecule has 0 radical (unpaired) electrons. The van der Waals surface area contributed by atoms with Gasteiger partial charge in [-0.05, 0) is 26.0 Å². The molecule has 0 saturated carbocycles. The van der Waals surface area contributed by atoms with E-state index >= 15 is 0 Å². The van der Waals surface area contributed by atoms with Crippen molar-refractivity contribution in [2.45, 2.75) is 72.2 Å². The SMILES string of the molecule is CC(=O)OC[C@@H]1O[C@H](Oc2ccc3c(=O)c(-c4csc(C)n4)c(C)oc3c2)[C@@H](OC(C)=O)[C@H](OC(C)=O)[C@@H]1OC(C)=O. The summed E-state index contributed by atoms with van der Waals surface area (Å²) in [6, 6.07) is 4.44. The van der Waals surface area contributed by atoms with Gasteiger partial charge in [-0.2, -0.15) is 0 Å². The number of nitrogens with zero attached hydrogens (tertiary/aromatic N) is 1. The summed E-state index contributed by atoms with van der Waals surface area (Å²) >= 11 is 1.41. The number of carbonyl (C=O) groups excluding carboxylic acids is 4. The fraction of sp³-hybridized carbons (Fsp3) is 0.429. The summed E-state index contributed by atoms with van der Waals surface area (Å²) in [6.45, 7) is 7.64. The van der Waals surface area contributed by atoms with Crippen molar-refractivity contribution in [1.82, 2.24) is 4.98 Å². The predicted molar refractivity (Wildman–Crippen MR) is 146 cm³/mol. The lowest BCUT2D eigenvalue weighted by molar-refractivity contribution is -0.288. The molecule has 1 saturated heterocycles. The van der Waals surface area contributed by atoms with E-state index in [1.807, 2.05) is 6.92 Å². The minimum Gasteiger partial charge on any atom is -0.463 e. The zero-order valence-electron chi connectivity index (χ0n) is 23.7. The Morgan fingerprint density at radius 3 is 2.14 bits per heavy atom. The van der Waals surface area contributed by atoms with Gasteiger partial charge in [0.1, 0.15) is 29.8 Å². The Morgan fingerprint density at radius 2 is 1.55 bits per heavy atom. The lowest BCUT2D eigenvalue weighted by atomic mass is 9.98. The number of carbonyl (C=O) groups is 4. The molecule has 5 atom stereocenters. The number of hydrogen-bond acceptors (Lipinski definition) is 14. The van der Waals surface area contributed by atoms with Crippen LogP contribution in [0.25, 0.3) is 22.2 Å². The molecule has 1 aromatic carbocycles. The number of aryl methyl sites for hydroxylation is 2. The molecule has 14 heteroatoms. The van der Waals surface area contributed by atoms with Crippen LogP contribution in [0.2, 0.25) is 0 Å². The van der Waals surface area contributed by atoms with E-state index in [4.69, 9.17) is 32.8 Å². The first-order valence-corrected chi connectivity index (χ1v) is 13.7. The summed E-state index contributed by atoms with van der Waals surface area (Å²) in [6.07, 6.45) is -6.74. The van der Waals surface area contributed by atoms with Crippen LogP contribution >= 0.6 is 11.3 Å². The standard InChI is InChI=1S/C28H29NO12S/c1-12-23(20-11-42-13(2)29-20)24(34)19-8-7-18(9-21(19)36-12)40-28-27(39-17(6)33)26(38-16(5)32)25(37-15(4)31)22(41-28)10-35-14(3)30/h7-9,11,22,25-28H,10H2,1-6H3/t22-,25+,26+,27-,28-/m0/s1. The molecular formula is C28H29NO12S. The molecule has 0 amide bonds. The van der Waals surface area contributed by atoms with E-state index in [0.717, 1.165) is 25.8 Å². The molecule has 224 valence electrons. The summed E-state index contributed by atoms with van der Waals surface area (Å²) in [7, 11) is 0. The quantitative estimate of drug-likeness (QED) is 0.273. The van der Waals surface area contributed by atoms with Crippen LogP contribution in [0.3, 0.4) is 0 Å². The maximum Gasteiger partial charge on any atom is 0.303 e. The van der Waals surface area contributed by atoms with Crippen molar-refractivity contribution in [3.8, 4) is 17.0 Å². The smallest absolute Gasteiger partial charge is 0.303 e. The Kier molecular flexibility index (Phi) is 9.27. The van der Waals surface area contributed by atoms with Gasteiger partial charge in [0.05, 0.1) is 21.7 Å². The number of thiazole rings is 1. The Morgan fingerprint density at radius 1 is 0.905 bits per heavy atom. The number of fused-ring (bicyclic) bond motifs is 1. The Bertz CT molecular complexity index is 1580. The van der Waals surface area contributed by atoms with Crippen molar-refractivity contribution >= 4 is 46.2 Å². The first kappa shape index (κ1) is 30.7. The fourth-order valence-electron chi connectivity index (χ4n) is 4.55. The van der Waals surface area contributed by atoms with Crippen LogP contribution in [0.15, 0.2) is 32.8 Å². The summed E-state index contributed by atoms with van der Waals surface area (Å²) in [5, 5.41) is 2.86. The van der Waals surface area contributed by atoms with Crippen molar-refractivity contribution in [3.63, 3.8) is 0 Å². The van der Waals surface area contributed by atoms with Gasteiger partial charge in [0.2, 0.25) is 17.8 Å². The fourth-order valence-corrected chi connectivity index (χ4v) is 5.15. The van der Waals surface area contributed by atoms with Crippen molar-refractivity contribution in [2.75, 3.05) is 6.61 Å². The summed E-state index contributed by atoms with van der Waals surface area (Å²) in [5.74, 6) is -2.43. The zero-order chi connectivity index (χ0) is 30.7. The second-order valence-corrected chi connectivity index (χ2v) is 10.5. The number of aromatic nitrogens is 1. The van der Waals surface area contributed by atoms with Gasteiger partial charge in [-0.3, -0.25) is 24.0 Å². The van der Waals surface area contributed by atoms with Crippen LogP contribution < -0.4 is 10.2 Å². The molecule has 2 aromatic heterocycles. The van der Waals surface area contributed by atoms with E-state index in [-0.39, 0.29) is 22.1 Å². The highest BCUT2D eigenvalue weighted by Crippen LogP contribution is 2.32. The van der Waals surface area contributed by atoms with Crippen molar-refractivity contribution < 1.29 is 52.0 Å². The summed E-state index contributed by atoms with van der Waals surface area (Å²) < 4.78 is 39.2. The van der Waals surface area contributed by atoms with Gasteiger partial charge in [-0.25, -0.2) is 4.98 Å². The van der Waals surface area contributed by atoms with Crippen LogP contribution in [0.5, 0.6) is 5.75 Å². The highest BCUT2D eigenvalue weighted by atomic mass is 32.1. The van der Waals surface area contributed by atoms with Gasteiger partial charge in [-0.1, -0.05) is 0 Å². The molecule has 0 unspecified atom stereocenters. The number of benzene rings is 1. The summed E-state index contributed by atoms with van der Waals surface area (Å²) in [5.41, 5.74) is 0.790. The van der Waals surface area contributed by atoms with Gasteiger partial charge in [0.15, 0.2) is 12.2 Å². The normalized spacial score (nSPS) is 21.8. The molecule has 1 aliphatic rings. The minimum atomic E-state index is -1.44. The van der Waals surface area contributed by atoms with Crippen LogP contribution in [0, 0.1) is 13.8 Å².